The topological polar surface area (TPSA) is 41.6 Å². The van der Waals surface area contributed by atoms with Crippen molar-refractivity contribution in [1.29, 1.82) is 0 Å². The summed E-state index contributed by atoms with van der Waals surface area (Å²) in [6.45, 7) is 2.75. The summed E-state index contributed by atoms with van der Waals surface area (Å²) >= 11 is 0. The zero-order chi connectivity index (χ0) is 19.2. The van der Waals surface area contributed by atoms with E-state index in [2.05, 4.69) is 34.5 Å². The molecule has 0 bridgehead atoms. The van der Waals surface area contributed by atoms with Gasteiger partial charge in [-0.1, -0.05) is 43.3 Å². The fraction of sp³-hybridized carbons (Fsp3) is 0.261. The number of amides is 1. The maximum atomic E-state index is 12.7. The number of ether oxygens (including phenoxy) is 1. The minimum atomic E-state index is -0.184. The maximum absolute atomic E-state index is 12.7. The number of rotatable bonds is 7. The molecule has 0 aromatic heterocycles. The number of fused-ring (bicyclic) bond motifs is 1. The Morgan fingerprint density at radius 2 is 1.74 bits per heavy atom. The number of hydrogen-bond donors (Lipinski definition) is 1. The van der Waals surface area contributed by atoms with Crippen molar-refractivity contribution < 1.29 is 9.53 Å². The number of hydrogen-bond acceptors (Lipinski definition) is 3. The molecule has 4 nitrogen and oxygen atoms in total. The second-order valence-corrected chi connectivity index (χ2v) is 6.74. The van der Waals surface area contributed by atoms with Gasteiger partial charge in [-0.25, -0.2) is 0 Å². The van der Waals surface area contributed by atoms with E-state index in [0.717, 1.165) is 23.2 Å². The SMILES string of the molecule is CC[C@@H](C(=O)Nc1ccccc1)N(C)Cc1ccc2cc(OC)ccc2c1. The standard InChI is InChI=1S/C23H26N2O2/c1-4-22(23(26)24-20-8-6-5-7-9-20)25(2)16-17-10-11-19-15-21(27-3)13-12-18(19)14-17/h5-15,22H,4,16H2,1-3H3,(H,24,26)/t22-/m0/s1. The van der Waals surface area contributed by atoms with Crippen molar-refractivity contribution in [2.45, 2.75) is 25.9 Å². The molecule has 3 rings (SSSR count). The van der Waals surface area contributed by atoms with Crippen LogP contribution in [0.5, 0.6) is 5.75 Å². The first-order valence-electron chi connectivity index (χ1n) is 9.23. The third kappa shape index (κ3) is 4.66. The van der Waals surface area contributed by atoms with Gasteiger partial charge in [0.1, 0.15) is 5.75 Å². The highest BCUT2D eigenvalue weighted by molar-refractivity contribution is 5.94. The Kier molecular flexibility index (Phi) is 6.09. The quantitative estimate of drug-likeness (QED) is 0.662. The molecule has 3 aromatic carbocycles. The van der Waals surface area contributed by atoms with E-state index in [1.54, 1.807) is 7.11 Å². The summed E-state index contributed by atoms with van der Waals surface area (Å²) in [4.78, 5) is 14.8. The summed E-state index contributed by atoms with van der Waals surface area (Å²) in [6.07, 6.45) is 0.750. The fourth-order valence-corrected chi connectivity index (χ4v) is 3.34. The Morgan fingerprint density at radius 3 is 2.44 bits per heavy atom. The van der Waals surface area contributed by atoms with Gasteiger partial charge in [0.15, 0.2) is 0 Å². The first-order valence-corrected chi connectivity index (χ1v) is 9.23. The molecule has 0 unspecified atom stereocenters. The van der Waals surface area contributed by atoms with Gasteiger partial charge < -0.3 is 10.1 Å². The number of likely N-dealkylation sites (N-methyl/N-ethyl adjacent to an activating group) is 1. The van der Waals surface area contributed by atoms with Gasteiger partial charge in [0.2, 0.25) is 5.91 Å². The summed E-state index contributed by atoms with van der Waals surface area (Å²) < 4.78 is 5.29. The number of nitrogens with zero attached hydrogens (tertiary/aromatic N) is 1. The predicted octanol–water partition coefficient (Wildman–Crippen LogP) is 4.70. The lowest BCUT2D eigenvalue weighted by Crippen LogP contribution is -2.41. The van der Waals surface area contributed by atoms with Crippen LogP contribution >= 0.6 is 0 Å². The molecule has 0 saturated heterocycles. The summed E-state index contributed by atoms with van der Waals surface area (Å²) in [6, 6.07) is 21.9. The monoisotopic (exact) mass is 362 g/mol. The molecule has 0 heterocycles. The van der Waals surface area contributed by atoms with Crippen LogP contribution in [0.25, 0.3) is 10.8 Å². The van der Waals surface area contributed by atoms with Gasteiger partial charge in [0, 0.05) is 12.2 Å². The van der Waals surface area contributed by atoms with E-state index in [4.69, 9.17) is 4.74 Å². The van der Waals surface area contributed by atoms with Crippen molar-refractivity contribution in [3.8, 4) is 5.75 Å². The number of methoxy groups -OCH3 is 1. The second kappa shape index (κ2) is 8.69. The van der Waals surface area contributed by atoms with Gasteiger partial charge in [-0.3, -0.25) is 9.69 Å². The molecular formula is C23H26N2O2. The largest absolute Gasteiger partial charge is 0.497 e. The average Bonchev–Trinajstić information content (AvgIpc) is 2.68. The molecule has 0 aliphatic rings. The normalized spacial score (nSPS) is 12.1. The van der Waals surface area contributed by atoms with Crippen molar-refractivity contribution >= 4 is 22.4 Å². The lowest BCUT2D eigenvalue weighted by Gasteiger charge is -2.26. The molecule has 4 heteroatoms. The van der Waals surface area contributed by atoms with Gasteiger partial charge in [-0.05, 0) is 60.1 Å². The molecule has 1 N–H and O–H groups in total. The van der Waals surface area contributed by atoms with Gasteiger partial charge in [-0.15, -0.1) is 0 Å². The zero-order valence-electron chi connectivity index (χ0n) is 16.1. The molecule has 3 aromatic rings. The summed E-state index contributed by atoms with van der Waals surface area (Å²) in [5, 5.41) is 5.33. The molecule has 0 spiro atoms. The van der Waals surface area contributed by atoms with Crippen LogP contribution in [0.3, 0.4) is 0 Å². The van der Waals surface area contributed by atoms with Crippen LogP contribution in [-0.4, -0.2) is 31.0 Å². The summed E-state index contributed by atoms with van der Waals surface area (Å²) in [5.41, 5.74) is 2.01. The van der Waals surface area contributed by atoms with E-state index in [-0.39, 0.29) is 11.9 Å². The minimum Gasteiger partial charge on any atom is -0.497 e. The minimum absolute atomic E-state index is 0.0247. The number of nitrogens with one attached hydrogen (secondary N) is 1. The lowest BCUT2D eigenvalue weighted by atomic mass is 10.1. The van der Waals surface area contributed by atoms with Crippen molar-refractivity contribution in [2.24, 2.45) is 0 Å². The number of carbonyl (C=O) groups is 1. The highest BCUT2D eigenvalue weighted by Gasteiger charge is 2.21. The van der Waals surface area contributed by atoms with E-state index in [1.807, 2.05) is 56.4 Å². The Balaban J connectivity index is 1.71. The Labute approximate surface area is 160 Å². The third-order valence-corrected chi connectivity index (χ3v) is 4.81. The van der Waals surface area contributed by atoms with Crippen LogP contribution in [0.4, 0.5) is 5.69 Å². The third-order valence-electron chi connectivity index (χ3n) is 4.81. The number of carbonyl (C=O) groups excluding carboxylic acids is 1. The Bertz CT molecular complexity index is 909. The second-order valence-electron chi connectivity index (χ2n) is 6.74. The smallest absolute Gasteiger partial charge is 0.241 e. The van der Waals surface area contributed by atoms with Gasteiger partial charge in [-0.2, -0.15) is 0 Å². The lowest BCUT2D eigenvalue weighted by molar-refractivity contribution is -0.121. The molecule has 27 heavy (non-hydrogen) atoms. The average molecular weight is 362 g/mol. The van der Waals surface area contributed by atoms with Crippen LogP contribution in [0.15, 0.2) is 66.7 Å². The molecule has 0 aliphatic carbocycles. The van der Waals surface area contributed by atoms with Crippen LogP contribution in [0.2, 0.25) is 0 Å². The van der Waals surface area contributed by atoms with Crippen molar-refractivity contribution in [3.05, 3.63) is 72.3 Å². The van der Waals surface area contributed by atoms with Crippen LogP contribution in [-0.2, 0) is 11.3 Å². The van der Waals surface area contributed by atoms with Crippen LogP contribution in [0, 0.1) is 0 Å². The van der Waals surface area contributed by atoms with E-state index < -0.39 is 0 Å². The molecule has 140 valence electrons. The van der Waals surface area contributed by atoms with Crippen molar-refractivity contribution in [1.82, 2.24) is 4.90 Å². The van der Waals surface area contributed by atoms with Crippen LogP contribution < -0.4 is 10.1 Å². The van der Waals surface area contributed by atoms with Crippen molar-refractivity contribution in [2.75, 3.05) is 19.5 Å². The fourth-order valence-electron chi connectivity index (χ4n) is 3.34. The van der Waals surface area contributed by atoms with E-state index >= 15 is 0 Å². The molecule has 0 saturated carbocycles. The number of benzene rings is 3. The Morgan fingerprint density at radius 1 is 1.04 bits per heavy atom. The van der Waals surface area contributed by atoms with Crippen molar-refractivity contribution in [3.63, 3.8) is 0 Å². The molecule has 0 aliphatic heterocycles. The first kappa shape index (κ1) is 18.9. The number of para-hydroxylation sites is 1. The first-order chi connectivity index (χ1) is 13.1. The maximum Gasteiger partial charge on any atom is 0.241 e. The van der Waals surface area contributed by atoms with E-state index in [1.165, 1.54) is 10.9 Å². The highest BCUT2D eigenvalue weighted by atomic mass is 16.5. The van der Waals surface area contributed by atoms with Gasteiger partial charge in [0.05, 0.1) is 13.2 Å². The molecular weight excluding hydrogens is 336 g/mol. The molecule has 0 fully saturated rings. The molecule has 1 amide bonds. The van der Waals surface area contributed by atoms with E-state index in [0.29, 0.717) is 6.54 Å². The van der Waals surface area contributed by atoms with Gasteiger partial charge in [0.25, 0.3) is 0 Å². The molecule has 1 atom stereocenters. The van der Waals surface area contributed by atoms with Gasteiger partial charge >= 0.3 is 0 Å². The summed E-state index contributed by atoms with van der Waals surface area (Å²) in [5.74, 6) is 0.882. The predicted molar refractivity (Wildman–Crippen MR) is 111 cm³/mol. The highest BCUT2D eigenvalue weighted by Crippen LogP contribution is 2.23. The zero-order valence-corrected chi connectivity index (χ0v) is 16.1. The Hall–Kier alpha value is -2.85. The van der Waals surface area contributed by atoms with E-state index in [9.17, 15) is 4.79 Å². The summed E-state index contributed by atoms with van der Waals surface area (Å²) in [7, 11) is 3.67. The van der Waals surface area contributed by atoms with Crippen LogP contribution in [0.1, 0.15) is 18.9 Å². The molecule has 0 radical (unpaired) electrons. The number of anilines is 1.